The first kappa shape index (κ1) is 16.3. The number of fused-ring (bicyclic) bond motifs is 1. The monoisotopic (exact) mass is 353 g/mol. The van der Waals surface area contributed by atoms with Crippen molar-refractivity contribution >= 4 is 11.0 Å². The van der Waals surface area contributed by atoms with Crippen molar-refractivity contribution in [2.45, 2.75) is 24.3 Å². The number of para-hydroxylation sites is 1. The van der Waals surface area contributed by atoms with Crippen LogP contribution in [-0.2, 0) is 5.54 Å². The van der Waals surface area contributed by atoms with Gasteiger partial charge in [0.1, 0.15) is 16.9 Å². The fourth-order valence-electron chi connectivity index (χ4n) is 4.62. The molecule has 3 aromatic carbocycles. The van der Waals surface area contributed by atoms with Gasteiger partial charge in [-0.3, -0.25) is 0 Å². The molecule has 0 radical (unpaired) electrons. The molecule has 1 aliphatic rings. The lowest BCUT2D eigenvalue weighted by molar-refractivity contribution is 0.226. The van der Waals surface area contributed by atoms with Crippen LogP contribution in [0.5, 0.6) is 0 Å². The van der Waals surface area contributed by atoms with Gasteiger partial charge >= 0.3 is 0 Å². The van der Waals surface area contributed by atoms with Crippen LogP contribution in [0.3, 0.4) is 0 Å². The van der Waals surface area contributed by atoms with Crippen LogP contribution < -0.4 is 5.32 Å². The zero-order chi connectivity index (χ0) is 18.1. The molecular formula is C25H23NO. The second-order valence-corrected chi connectivity index (χ2v) is 7.35. The van der Waals surface area contributed by atoms with E-state index in [0.29, 0.717) is 5.92 Å². The van der Waals surface area contributed by atoms with Crippen molar-refractivity contribution in [1.82, 2.24) is 5.32 Å². The Morgan fingerprint density at radius 3 is 2.30 bits per heavy atom. The highest BCUT2D eigenvalue weighted by atomic mass is 16.3. The van der Waals surface area contributed by atoms with E-state index in [1.165, 1.54) is 11.1 Å². The summed E-state index contributed by atoms with van der Waals surface area (Å²) in [6, 6.07) is 32.1. The van der Waals surface area contributed by atoms with Gasteiger partial charge in [-0.15, -0.1) is 0 Å². The zero-order valence-electron chi connectivity index (χ0n) is 15.3. The summed E-state index contributed by atoms with van der Waals surface area (Å²) in [4.78, 5) is 0. The Labute approximate surface area is 159 Å². The van der Waals surface area contributed by atoms with E-state index in [1.54, 1.807) is 0 Å². The van der Waals surface area contributed by atoms with Crippen LogP contribution in [0.25, 0.3) is 11.0 Å². The third kappa shape index (κ3) is 2.68. The highest BCUT2D eigenvalue weighted by molar-refractivity contribution is 5.78. The minimum absolute atomic E-state index is 0.315. The maximum atomic E-state index is 6.45. The molecule has 0 amide bonds. The van der Waals surface area contributed by atoms with Crippen LogP contribution in [0.2, 0.25) is 0 Å². The van der Waals surface area contributed by atoms with Crippen LogP contribution in [0.1, 0.15) is 35.6 Å². The molecule has 1 aliphatic heterocycles. The molecule has 4 aromatic rings. The van der Waals surface area contributed by atoms with Gasteiger partial charge in [-0.25, -0.2) is 0 Å². The minimum Gasteiger partial charge on any atom is -0.459 e. The summed E-state index contributed by atoms with van der Waals surface area (Å²) in [5.41, 5.74) is 3.20. The van der Waals surface area contributed by atoms with Crippen LogP contribution in [0.4, 0.5) is 0 Å². The average molecular weight is 353 g/mol. The topological polar surface area (TPSA) is 25.2 Å². The summed E-state index contributed by atoms with van der Waals surface area (Å²) in [6.45, 7) is 0.981. The van der Waals surface area contributed by atoms with E-state index in [9.17, 15) is 0 Å². The molecule has 0 spiro atoms. The average Bonchev–Trinajstić information content (AvgIpc) is 3.19. The van der Waals surface area contributed by atoms with Crippen molar-refractivity contribution in [2.24, 2.45) is 0 Å². The Morgan fingerprint density at radius 1 is 0.815 bits per heavy atom. The fraction of sp³-hybridized carbons (Fsp3) is 0.200. The number of piperidine rings is 1. The second kappa shape index (κ2) is 6.71. The molecule has 0 saturated carbocycles. The molecule has 2 unspecified atom stereocenters. The molecule has 2 heterocycles. The minimum atomic E-state index is -0.361. The van der Waals surface area contributed by atoms with Gasteiger partial charge < -0.3 is 9.73 Å². The maximum Gasteiger partial charge on any atom is 0.134 e. The number of hydrogen-bond donors (Lipinski definition) is 1. The molecular weight excluding hydrogens is 330 g/mol. The normalized spacial score (nSPS) is 22.7. The molecule has 1 aromatic heterocycles. The van der Waals surface area contributed by atoms with Gasteiger partial charge in [0, 0.05) is 11.3 Å². The summed E-state index contributed by atoms with van der Waals surface area (Å²) in [5, 5.41) is 5.04. The summed E-state index contributed by atoms with van der Waals surface area (Å²) < 4.78 is 6.45. The molecule has 1 fully saturated rings. The SMILES string of the molecule is c1ccc(C2CCCNC2(c2ccccc2)c2cc3ccccc3o2)cc1. The summed E-state index contributed by atoms with van der Waals surface area (Å²) in [7, 11) is 0. The van der Waals surface area contributed by atoms with E-state index < -0.39 is 0 Å². The van der Waals surface area contributed by atoms with Crippen LogP contribution in [-0.4, -0.2) is 6.54 Å². The van der Waals surface area contributed by atoms with Crippen molar-refractivity contribution in [3.63, 3.8) is 0 Å². The predicted molar refractivity (Wildman–Crippen MR) is 110 cm³/mol. The number of rotatable bonds is 3. The molecule has 1 N–H and O–H groups in total. The van der Waals surface area contributed by atoms with Crippen molar-refractivity contribution in [3.05, 3.63) is 108 Å². The van der Waals surface area contributed by atoms with Crippen molar-refractivity contribution in [1.29, 1.82) is 0 Å². The lowest BCUT2D eigenvalue weighted by atomic mass is 9.69. The molecule has 134 valence electrons. The summed E-state index contributed by atoms with van der Waals surface area (Å²) in [5.74, 6) is 1.32. The van der Waals surface area contributed by atoms with Crippen LogP contribution in [0, 0.1) is 0 Å². The maximum absolute atomic E-state index is 6.45. The van der Waals surface area contributed by atoms with E-state index in [0.717, 1.165) is 36.1 Å². The van der Waals surface area contributed by atoms with Gasteiger partial charge in [0.15, 0.2) is 0 Å². The first-order valence-corrected chi connectivity index (χ1v) is 9.72. The quantitative estimate of drug-likeness (QED) is 0.500. The molecule has 2 nitrogen and oxygen atoms in total. The van der Waals surface area contributed by atoms with E-state index in [2.05, 4.69) is 90.2 Å². The van der Waals surface area contributed by atoms with E-state index in [4.69, 9.17) is 4.42 Å². The Hall–Kier alpha value is -2.84. The third-order valence-electron chi connectivity index (χ3n) is 5.84. The van der Waals surface area contributed by atoms with Gasteiger partial charge in [0.2, 0.25) is 0 Å². The van der Waals surface area contributed by atoms with Gasteiger partial charge in [0.05, 0.1) is 0 Å². The van der Waals surface area contributed by atoms with Crippen LogP contribution in [0.15, 0.2) is 95.4 Å². The standard InChI is InChI=1S/C25H23NO/c1-3-10-19(11-4-1)22-15-9-17-26-25(22,21-13-5-2-6-14-21)24-18-20-12-7-8-16-23(20)27-24/h1-8,10-14,16,18,22,26H,9,15,17H2. The summed E-state index contributed by atoms with van der Waals surface area (Å²) in [6.07, 6.45) is 2.29. The smallest absolute Gasteiger partial charge is 0.134 e. The van der Waals surface area contributed by atoms with Crippen LogP contribution >= 0.6 is 0 Å². The van der Waals surface area contributed by atoms with E-state index >= 15 is 0 Å². The molecule has 0 aliphatic carbocycles. The third-order valence-corrected chi connectivity index (χ3v) is 5.84. The Morgan fingerprint density at radius 2 is 1.52 bits per heavy atom. The number of furan rings is 1. The molecule has 27 heavy (non-hydrogen) atoms. The van der Waals surface area contributed by atoms with Gasteiger partial charge in [-0.2, -0.15) is 0 Å². The predicted octanol–water partition coefficient (Wildman–Crippen LogP) is 5.84. The summed E-state index contributed by atoms with van der Waals surface area (Å²) >= 11 is 0. The second-order valence-electron chi connectivity index (χ2n) is 7.35. The number of benzene rings is 3. The zero-order valence-corrected chi connectivity index (χ0v) is 15.3. The van der Waals surface area contributed by atoms with Gasteiger partial charge in [0.25, 0.3) is 0 Å². The van der Waals surface area contributed by atoms with Gasteiger partial charge in [-0.05, 0) is 42.6 Å². The fourth-order valence-corrected chi connectivity index (χ4v) is 4.62. The van der Waals surface area contributed by atoms with E-state index in [1.807, 2.05) is 6.07 Å². The first-order valence-electron chi connectivity index (χ1n) is 9.72. The van der Waals surface area contributed by atoms with Crippen molar-refractivity contribution < 1.29 is 4.42 Å². The van der Waals surface area contributed by atoms with E-state index in [-0.39, 0.29) is 5.54 Å². The lowest BCUT2D eigenvalue weighted by Gasteiger charge is -2.44. The highest BCUT2D eigenvalue weighted by Gasteiger charge is 2.46. The Kier molecular flexibility index (Phi) is 4.06. The molecule has 5 rings (SSSR count). The molecule has 0 bridgehead atoms. The lowest BCUT2D eigenvalue weighted by Crippen LogP contribution is -2.51. The van der Waals surface area contributed by atoms with Gasteiger partial charge in [-0.1, -0.05) is 78.9 Å². The highest BCUT2D eigenvalue weighted by Crippen LogP contribution is 2.48. The first-order chi connectivity index (χ1) is 13.4. The molecule has 2 heteroatoms. The number of hydrogen-bond acceptors (Lipinski definition) is 2. The molecule has 2 atom stereocenters. The number of nitrogens with one attached hydrogen (secondary N) is 1. The largest absolute Gasteiger partial charge is 0.459 e. The van der Waals surface area contributed by atoms with Crippen molar-refractivity contribution in [2.75, 3.05) is 6.54 Å². The Balaban J connectivity index is 1.77. The van der Waals surface area contributed by atoms with Crippen molar-refractivity contribution in [3.8, 4) is 0 Å². The Bertz CT molecular complexity index is 1000. The molecule has 1 saturated heterocycles.